The molecule has 0 amide bonds. The van der Waals surface area contributed by atoms with Gasteiger partial charge in [-0.3, -0.25) is 4.68 Å². The number of nitrogens with one attached hydrogen (secondary N) is 2. The number of sulfonamides is 1. The number of aromatic nitrogens is 4. The molecule has 2 fully saturated rings. The molecule has 36 heavy (non-hydrogen) atoms. The molecule has 0 bridgehead atoms. The summed E-state index contributed by atoms with van der Waals surface area (Å²) in [6, 6.07) is 9.18. The molecule has 0 saturated carbocycles. The summed E-state index contributed by atoms with van der Waals surface area (Å²) in [7, 11) is -1.74. The van der Waals surface area contributed by atoms with Crippen LogP contribution in [0, 0.1) is 11.3 Å². The molecule has 0 radical (unpaired) electrons. The maximum atomic E-state index is 13.2. The third kappa shape index (κ3) is 5.18. The Kier molecular flexibility index (Phi) is 6.86. The monoisotopic (exact) mass is 508 g/mol. The molecule has 2 aromatic heterocycles. The fourth-order valence-corrected chi connectivity index (χ4v) is 5.92. The van der Waals surface area contributed by atoms with Gasteiger partial charge in [-0.05, 0) is 37.0 Å². The number of nitriles is 1. The van der Waals surface area contributed by atoms with E-state index in [-0.39, 0.29) is 17.0 Å². The zero-order chi connectivity index (χ0) is 25.1. The summed E-state index contributed by atoms with van der Waals surface area (Å²) in [6.07, 6.45) is 7.24. The first-order valence-corrected chi connectivity index (χ1v) is 13.3. The molecule has 2 aliphatic rings. The van der Waals surface area contributed by atoms with Gasteiger partial charge in [-0.15, -0.1) is 0 Å². The normalized spacial score (nSPS) is 19.2. The SMILES string of the molecule is Cn1cc(-c2ccc(S(=O)(=O)N3CCC(Nc4ncc(C#N)c(N[C@H]5CCOC5)n4)CC3)cc2)cn1. The fourth-order valence-electron chi connectivity index (χ4n) is 4.45. The summed E-state index contributed by atoms with van der Waals surface area (Å²) in [6.45, 7) is 2.05. The van der Waals surface area contributed by atoms with E-state index >= 15 is 0 Å². The number of anilines is 2. The Balaban J connectivity index is 1.20. The van der Waals surface area contributed by atoms with Crippen LogP contribution in [0.3, 0.4) is 0 Å². The highest BCUT2D eigenvalue weighted by Gasteiger charge is 2.30. The highest BCUT2D eigenvalue weighted by molar-refractivity contribution is 7.89. The highest BCUT2D eigenvalue weighted by atomic mass is 32.2. The minimum Gasteiger partial charge on any atom is -0.379 e. The molecule has 5 rings (SSSR count). The van der Waals surface area contributed by atoms with Gasteiger partial charge in [0.2, 0.25) is 16.0 Å². The zero-order valence-electron chi connectivity index (χ0n) is 20.0. The lowest BCUT2D eigenvalue weighted by molar-refractivity contribution is 0.195. The van der Waals surface area contributed by atoms with Gasteiger partial charge < -0.3 is 15.4 Å². The number of aryl methyl sites for hydroxylation is 1. The Labute approximate surface area is 210 Å². The third-order valence-corrected chi connectivity index (χ3v) is 8.41. The van der Waals surface area contributed by atoms with Crippen molar-refractivity contribution < 1.29 is 13.2 Å². The van der Waals surface area contributed by atoms with Crippen LogP contribution in [-0.4, -0.2) is 70.9 Å². The molecule has 1 aromatic carbocycles. The summed E-state index contributed by atoms with van der Waals surface area (Å²) >= 11 is 0. The second kappa shape index (κ2) is 10.2. The Morgan fingerprint density at radius 1 is 1.06 bits per heavy atom. The Morgan fingerprint density at radius 2 is 1.83 bits per heavy atom. The summed E-state index contributed by atoms with van der Waals surface area (Å²) in [4.78, 5) is 9.06. The summed E-state index contributed by atoms with van der Waals surface area (Å²) in [5.41, 5.74) is 2.23. The summed E-state index contributed by atoms with van der Waals surface area (Å²) in [5.74, 6) is 0.906. The van der Waals surface area contributed by atoms with Crippen molar-refractivity contribution in [3.63, 3.8) is 0 Å². The largest absolute Gasteiger partial charge is 0.379 e. The van der Waals surface area contributed by atoms with Gasteiger partial charge >= 0.3 is 0 Å². The van der Waals surface area contributed by atoms with Crippen LogP contribution in [0.1, 0.15) is 24.8 Å². The smallest absolute Gasteiger partial charge is 0.243 e. The molecule has 2 aliphatic heterocycles. The van der Waals surface area contributed by atoms with Crippen molar-refractivity contribution in [2.75, 3.05) is 36.9 Å². The van der Waals surface area contributed by atoms with Crippen LogP contribution in [0.25, 0.3) is 11.1 Å². The maximum absolute atomic E-state index is 13.2. The highest BCUT2D eigenvalue weighted by Crippen LogP contribution is 2.26. The second-order valence-corrected chi connectivity index (χ2v) is 11.0. The first kappa shape index (κ1) is 24.2. The van der Waals surface area contributed by atoms with Crippen LogP contribution in [0.15, 0.2) is 47.8 Å². The Bertz CT molecular complexity index is 1350. The van der Waals surface area contributed by atoms with Gasteiger partial charge in [-0.1, -0.05) is 12.1 Å². The number of hydrogen-bond acceptors (Lipinski definition) is 9. The van der Waals surface area contributed by atoms with Gasteiger partial charge in [0.15, 0.2) is 0 Å². The maximum Gasteiger partial charge on any atom is 0.243 e. The molecule has 0 spiro atoms. The minimum atomic E-state index is -3.59. The van der Waals surface area contributed by atoms with Gasteiger partial charge in [0.25, 0.3) is 0 Å². The average molecular weight is 509 g/mol. The van der Waals surface area contributed by atoms with Crippen molar-refractivity contribution in [3.05, 3.63) is 48.4 Å². The van der Waals surface area contributed by atoms with Crippen molar-refractivity contribution in [2.24, 2.45) is 7.05 Å². The lowest BCUT2D eigenvalue weighted by Gasteiger charge is -2.31. The molecule has 12 heteroatoms. The van der Waals surface area contributed by atoms with E-state index in [1.54, 1.807) is 23.0 Å². The number of piperidine rings is 1. The minimum absolute atomic E-state index is 0.0278. The quantitative estimate of drug-likeness (QED) is 0.492. The number of ether oxygens (including phenoxy) is 1. The van der Waals surface area contributed by atoms with E-state index in [2.05, 4.69) is 31.8 Å². The predicted octanol–water partition coefficient (Wildman–Crippen LogP) is 2.21. The third-order valence-electron chi connectivity index (χ3n) is 6.50. The van der Waals surface area contributed by atoms with Crippen molar-refractivity contribution in [1.82, 2.24) is 24.1 Å². The number of benzene rings is 1. The fraction of sp³-hybridized carbons (Fsp3) is 0.417. The van der Waals surface area contributed by atoms with E-state index in [0.717, 1.165) is 17.5 Å². The second-order valence-electron chi connectivity index (χ2n) is 9.02. The van der Waals surface area contributed by atoms with Crippen molar-refractivity contribution in [2.45, 2.75) is 36.2 Å². The van der Waals surface area contributed by atoms with E-state index in [0.29, 0.717) is 56.5 Å². The molecule has 4 heterocycles. The van der Waals surface area contributed by atoms with Crippen LogP contribution in [0.2, 0.25) is 0 Å². The van der Waals surface area contributed by atoms with Crippen molar-refractivity contribution >= 4 is 21.8 Å². The molecule has 0 aliphatic carbocycles. The molecule has 2 N–H and O–H groups in total. The van der Waals surface area contributed by atoms with E-state index in [4.69, 9.17) is 4.74 Å². The van der Waals surface area contributed by atoms with Crippen LogP contribution in [0.4, 0.5) is 11.8 Å². The first-order chi connectivity index (χ1) is 17.4. The van der Waals surface area contributed by atoms with Gasteiger partial charge in [-0.2, -0.15) is 19.6 Å². The average Bonchev–Trinajstić information content (AvgIpc) is 3.56. The molecular formula is C24H28N8O3S. The van der Waals surface area contributed by atoms with E-state index in [1.165, 1.54) is 10.5 Å². The molecule has 11 nitrogen and oxygen atoms in total. The van der Waals surface area contributed by atoms with E-state index in [9.17, 15) is 13.7 Å². The zero-order valence-corrected chi connectivity index (χ0v) is 20.8. The molecule has 2 saturated heterocycles. The Hall–Kier alpha value is -3.53. The molecule has 0 unspecified atom stereocenters. The van der Waals surface area contributed by atoms with Gasteiger partial charge in [0.05, 0.1) is 29.9 Å². The van der Waals surface area contributed by atoms with Crippen LogP contribution >= 0.6 is 0 Å². The van der Waals surface area contributed by atoms with Gasteiger partial charge in [-0.25, -0.2) is 13.4 Å². The molecule has 3 aromatic rings. The Morgan fingerprint density at radius 3 is 2.47 bits per heavy atom. The number of nitrogens with zero attached hydrogens (tertiary/aromatic N) is 6. The summed E-state index contributed by atoms with van der Waals surface area (Å²) in [5, 5.41) is 20.1. The lowest BCUT2D eigenvalue weighted by atomic mass is 10.1. The molecule has 1 atom stereocenters. The topological polar surface area (TPSA) is 138 Å². The van der Waals surface area contributed by atoms with Gasteiger partial charge in [0.1, 0.15) is 17.5 Å². The standard InChI is InChI=1S/C24H28N8O3S/c1-31-15-19(14-27-31)17-2-4-22(5-3-17)36(33,34)32-9-6-20(7-10-32)29-24-26-13-18(12-25)23(30-24)28-21-8-11-35-16-21/h2-5,13-15,20-21H,6-11,16H2,1H3,(H2,26,28,29,30)/t21-/m0/s1. The van der Waals surface area contributed by atoms with Gasteiger partial charge in [0, 0.05) is 44.5 Å². The van der Waals surface area contributed by atoms with Crippen LogP contribution in [-0.2, 0) is 21.8 Å². The summed E-state index contributed by atoms with van der Waals surface area (Å²) < 4.78 is 35.0. The number of hydrogen-bond donors (Lipinski definition) is 2. The van der Waals surface area contributed by atoms with Crippen LogP contribution < -0.4 is 10.6 Å². The number of rotatable bonds is 7. The van der Waals surface area contributed by atoms with E-state index in [1.807, 2.05) is 25.4 Å². The van der Waals surface area contributed by atoms with Crippen molar-refractivity contribution in [1.29, 1.82) is 5.26 Å². The van der Waals surface area contributed by atoms with E-state index < -0.39 is 10.0 Å². The lowest BCUT2D eigenvalue weighted by Crippen LogP contribution is -2.42. The van der Waals surface area contributed by atoms with Crippen molar-refractivity contribution in [3.8, 4) is 17.2 Å². The predicted molar refractivity (Wildman–Crippen MR) is 134 cm³/mol. The molecular weight excluding hydrogens is 480 g/mol. The molecule has 188 valence electrons. The first-order valence-electron chi connectivity index (χ1n) is 11.9. The van der Waals surface area contributed by atoms with Crippen LogP contribution in [0.5, 0.6) is 0 Å².